The van der Waals surface area contributed by atoms with Gasteiger partial charge in [0.05, 0.1) is 6.10 Å². The van der Waals surface area contributed by atoms with Gasteiger partial charge in [-0.1, -0.05) is 0 Å². The Morgan fingerprint density at radius 3 is 2.82 bits per heavy atom. The molecule has 1 aliphatic rings. The lowest BCUT2D eigenvalue weighted by Gasteiger charge is -2.20. The number of carbonyl (C=O) groups excluding carboxylic acids is 1. The Labute approximate surface area is 101 Å². The van der Waals surface area contributed by atoms with Crippen molar-refractivity contribution < 1.29 is 19.4 Å². The molecule has 1 fully saturated rings. The van der Waals surface area contributed by atoms with Gasteiger partial charge in [0.25, 0.3) is 0 Å². The molecule has 0 spiro atoms. The lowest BCUT2D eigenvalue weighted by atomic mass is 10.2. The van der Waals surface area contributed by atoms with E-state index in [9.17, 15) is 9.59 Å². The van der Waals surface area contributed by atoms with Gasteiger partial charge < -0.3 is 20.1 Å². The van der Waals surface area contributed by atoms with Gasteiger partial charge >= 0.3 is 12.0 Å². The average Bonchev–Trinajstić information content (AvgIpc) is 2.74. The van der Waals surface area contributed by atoms with Gasteiger partial charge in [0.1, 0.15) is 0 Å². The van der Waals surface area contributed by atoms with Crippen LogP contribution >= 0.6 is 0 Å². The number of hydrogen-bond acceptors (Lipinski definition) is 3. The zero-order valence-corrected chi connectivity index (χ0v) is 10.3. The fourth-order valence-electron chi connectivity index (χ4n) is 1.82. The van der Waals surface area contributed by atoms with Gasteiger partial charge in [0.15, 0.2) is 0 Å². The zero-order valence-electron chi connectivity index (χ0n) is 10.3. The number of amides is 2. The van der Waals surface area contributed by atoms with Crippen LogP contribution < -0.4 is 5.32 Å². The molecule has 0 aliphatic carbocycles. The van der Waals surface area contributed by atoms with Crippen molar-refractivity contribution in [2.75, 3.05) is 20.2 Å². The molecule has 0 radical (unpaired) electrons. The third kappa shape index (κ3) is 4.60. The molecule has 2 atom stereocenters. The van der Waals surface area contributed by atoms with Crippen LogP contribution in [0.15, 0.2) is 0 Å². The molecule has 2 unspecified atom stereocenters. The number of hydrogen-bond donors (Lipinski definition) is 2. The van der Waals surface area contributed by atoms with Crippen LogP contribution in [0.5, 0.6) is 0 Å². The number of likely N-dealkylation sites (tertiary alicyclic amines) is 1. The van der Waals surface area contributed by atoms with E-state index in [1.165, 1.54) is 0 Å². The maximum atomic E-state index is 11.8. The number of methoxy groups -OCH3 is 1. The van der Waals surface area contributed by atoms with Crippen LogP contribution in [-0.2, 0) is 9.53 Å². The second kappa shape index (κ2) is 6.44. The fourth-order valence-corrected chi connectivity index (χ4v) is 1.82. The molecule has 2 N–H and O–H groups in total. The minimum atomic E-state index is -0.841. The molecule has 2 amide bonds. The molecule has 98 valence electrons. The fraction of sp³-hybridized carbons (Fsp3) is 0.818. The Morgan fingerprint density at radius 2 is 2.29 bits per heavy atom. The van der Waals surface area contributed by atoms with Crippen LogP contribution in [0.25, 0.3) is 0 Å². The van der Waals surface area contributed by atoms with Crippen molar-refractivity contribution in [1.29, 1.82) is 0 Å². The summed E-state index contributed by atoms with van der Waals surface area (Å²) in [4.78, 5) is 23.9. The quantitative estimate of drug-likeness (QED) is 0.745. The molecule has 6 nitrogen and oxygen atoms in total. The molecule has 17 heavy (non-hydrogen) atoms. The number of aliphatic carboxylic acids is 1. The van der Waals surface area contributed by atoms with Gasteiger partial charge in [-0.3, -0.25) is 4.79 Å². The van der Waals surface area contributed by atoms with Gasteiger partial charge in [-0.05, 0) is 19.8 Å². The number of nitrogens with one attached hydrogen (secondary N) is 1. The third-order valence-corrected chi connectivity index (χ3v) is 2.93. The highest BCUT2D eigenvalue weighted by molar-refractivity contribution is 5.75. The maximum Gasteiger partial charge on any atom is 0.317 e. The highest BCUT2D eigenvalue weighted by Crippen LogP contribution is 2.12. The van der Waals surface area contributed by atoms with E-state index in [1.54, 1.807) is 12.0 Å². The van der Waals surface area contributed by atoms with Crippen molar-refractivity contribution in [2.45, 2.75) is 38.3 Å². The number of carboxylic acid groups (broad SMARTS) is 1. The number of rotatable bonds is 5. The summed E-state index contributed by atoms with van der Waals surface area (Å²) in [5.41, 5.74) is 0. The highest BCUT2D eigenvalue weighted by Gasteiger charge is 2.26. The number of ether oxygens (including phenoxy) is 1. The monoisotopic (exact) mass is 244 g/mol. The van der Waals surface area contributed by atoms with Crippen molar-refractivity contribution >= 4 is 12.0 Å². The molecular weight excluding hydrogens is 224 g/mol. The van der Waals surface area contributed by atoms with E-state index in [2.05, 4.69) is 5.32 Å². The third-order valence-electron chi connectivity index (χ3n) is 2.93. The van der Waals surface area contributed by atoms with Crippen LogP contribution in [0.2, 0.25) is 0 Å². The Morgan fingerprint density at radius 1 is 1.59 bits per heavy atom. The summed E-state index contributed by atoms with van der Waals surface area (Å²) in [6.45, 7) is 3.11. The van der Waals surface area contributed by atoms with Gasteiger partial charge in [-0.25, -0.2) is 4.79 Å². The van der Waals surface area contributed by atoms with Crippen LogP contribution in [-0.4, -0.2) is 54.4 Å². The van der Waals surface area contributed by atoms with Crippen LogP contribution in [0, 0.1) is 0 Å². The minimum absolute atomic E-state index is 0.0716. The number of carboxylic acids is 1. The number of nitrogens with zero attached hydrogens (tertiary/aromatic N) is 1. The Kier molecular flexibility index (Phi) is 5.21. The molecule has 1 rings (SSSR count). The average molecular weight is 244 g/mol. The van der Waals surface area contributed by atoms with Crippen molar-refractivity contribution in [3.05, 3.63) is 0 Å². The van der Waals surface area contributed by atoms with Gasteiger partial charge in [0.2, 0.25) is 0 Å². The first kappa shape index (κ1) is 13.8. The van der Waals surface area contributed by atoms with Gasteiger partial charge in [-0.2, -0.15) is 0 Å². The normalized spacial score (nSPS) is 21.3. The van der Waals surface area contributed by atoms with Crippen molar-refractivity contribution in [3.8, 4) is 0 Å². The second-order valence-corrected chi connectivity index (χ2v) is 4.38. The standard InChI is InChI=1S/C11H20N2O4/c1-8(3-4-10(14)15)12-11(16)13-6-5-9(7-13)17-2/h8-9H,3-7H2,1-2H3,(H,12,16)(H,14,15). The van der Waals surface area contributed by atoms with Crippen molar-refractivity contribution in [2.24, 2.45) is 0 Å². The minimum Gasteiger partial charge on any atom is -0.481 e. The second-order valence-electron chi connectivity index (χ2n) is 4.38. The van der Waals surface area contributed by atoms with Crippen molar-refractivity contribution in [3.63, 3.8) is 0 Å². The maximum absolute atomic E-state index is 11.8. The van der Waals surface area contributed by atoms with E-state index in [-0.39, 0.29) is 24.6 Å². The first-order valence-electron chi connectivity index (χ1n) is 5.83. The van der Waals surface area contributed by atoms with Crippen molar-refractivity contribution in [1.82, 2.24) is 10.2 Å². The molecule has 0 saturated carbocycles. The zero-order chi connectivity index (χ0) is 12.8. The molecule has 0 aromatic carbocycles. The SMILES string of the molecule is COC1CCN(C(=O)NC(C)CCC(=O)O)C1. The van der Waals surface area contributed by atoms with E-state index >= 15 is 0 Å². The molecule has 1 aliphatic heterocycles. The highest BCUT2D eigenvalue weighted by atomic mass is 16.5. The van der Waals surface area contributed by atoms with Crippen LogP contribution in [0.3, 0.4) is 0 Å². The molecule has 6 heteroatoms. The predicted octanol–water partition coefficient (Wildman–Crippen LogP) is 0.670. The van der Waals surface area contributed by atoms with Crippen LogP contribution in [0.4, 0.5) is 4.79 Å². The summed E-state index contributed by atoms with van der Waals surface area (Å²) < 4.78 is 5.18. The largest absolute Gasteiger partial charge is 0.481 e. The first-order valence-corrected chi connectivity index (χ1v) is 5.83. The Balaban J connectivity index is 2.27. The number of carbonyl (C=O) groups is 2. The molecule has 0 bridgehead atoms. The summed E-state index contributed by atoms with van der Waals surface area (Å²) in [5.74, 6) is -0.841. The van der Waals surface area contributed by atoms with Gasteiger partial charge in [-0.15, -0.1) is 0 Å². The summed E-state index contributed by atoms with van der Waals surface area (Å²) in [6.07, 6.45) is 1.49. The Hall–Kier alpha value is -1.30. The lowest BCUT2D eigenvalue weighted by molar-refractivity contribution is -0.137. The van der Waals surface area contributed by atoms with E-state index in [1.807, 2.05) is 6.92 Å². The van der Waals surface area contributed by atoms with E-state index < -0.39 is 5.97 Å². The number of urea groups is 1. The predicted molar refractivity (Wildman–Crippen MR) is 61.9 cm³/mol. The molecule has 0 aromatic rings. The van der Waals surface area contributed by atoms with E-state index in [0.717, 1.165) is 6.42 Å². The molecule has 1 saturated heterocycles. The smallest absolute Gasteiger partial charge is 0.317 e. The summed E-state index contributed by atoms with van der Waals surface area (Å²) in [6, 6.07) is -0.261. The van der Waals surface area contributed by atoms with E-state index in [4.69, 9.17) is 9.84 Å². The summed E-state index contributed by atoms with van der Waals surface area (Å²) in [5, 5.41) is 11.3. The molecule has 0 aromatic heterocycles. The van der Waals surface area contributed by atoms with Crippen LogP contribution in [0.1, 0.15) is 26.2 Å². The topological polar surface area (TPSA) is 78.9 Å². The molecule has 1 heterocycles. The summed E-state index contributed by atoms with van der Waals surface area (Å²) >= 11 is 0. The lowest BCUT2D eigenvalue weighted by Crippen LogP contribution is -2.43. The Bertz CT molecular complexity index is 283. The van der Waals surface area contributed by atoms with Gasteiger partial charge in [0, 0.05) is 32.7 Å². The summed E-state index contributed by atoms with van der Waals surface area (Å²) in [7, 11) is 1.64. The first-order chi connectivity index (χ1) is 8.02. The molecular formula is C11H20N2O4. The van der Waals surface area contributed by atoms with E-state index in [0.29, 0.717) is 19.5 Å².